The zero-order chi connectivity index (χ0) is 17.7. The van der Waals surface area contributed by atoms with Gasteiger partial charge in [-0.25, -0.2) is 0 Å². The molecule has 0 saturated carbocycles. The molecule has 1 unspecified atom stereocenters. The molecule has 0 spiro atoms. The molecule has 0 aromatic heterocycles. The Bertz CT molecular complexity index is 833. The summed E-state index contributed by atoms with van der Waals surface area (Å²) in [7, 11) is 0. The first-order chi connectivity index (χ1) is 12.1. The molecule has 1 atom stereocenters. The topological polar surface area (TPSA) is 0 Å². The molecule has 0 saturated heterocycles. The average molecular weight is 399 g/mol. The minimum Gasteiger partial charge on any atom is -0.105 e. The van der Waals surface area contributed by atoms with Crippen molar-refractivity contribution in [3.8, 4) is 0 Å². The molecule has 0 bridgehead atoms. The summed E-state index contributed by atoms with van der Waals surface area (Å²) in [5, 5.41) is 2.60. The largest absolute Gasteiger partial charge is 0.105 e. The van der Waals surface area contributed by atoms with Gasteiger partial charge in [-0.15, -0.1) is 11.8 Å². The minimum atomic E-state index is -2.16. The SMILES string of the molecule is CC(SC(=S)P(=S)(c1ccccc1)c1ccccc1)c1ccccc1. The van der Waals surface area contributed by atoms with Gasteiger partial charge in [-0.1, -0.05) is 115 Å². The van der Waals surface area contributed by atoms with E-state index in [0.29, 0.717) is 0 Å². The molecule has 0 aliphatic rings. The highest BCUT2D eigenvalue weighted by Crippen LogP contribution is 2.52. The number of thiocarbonyl (C=S) groups is 1. The van der Waals surface area contributed by atoms with Crippen molar-refractivity contribution in [2.45, 2.75) is 12.2 Å². The fourth-order valence-corrected chi connectivity index (χ4v) is 9.04. The Hall–Kier alpha value is -1.25. The summed E-state index contributed by atoms with van der Waals surface area (Å²) in [5.74, 6) is 0. The van der Waals surface area contributed by atoms with E-state index in [-0.39, 0.29) is 5.25 Å². The molecule has 0 radical (unpaired) electrons. The maximum Gasteiger partial charge on any atom is 0.0898 e. The highest BCUT2D eigenvalue weighted by atomic mass is 32.4. The maximum atomic E-state index is 6.27. The van der Waals surface area contributed by atoms with Gasteiger partial charge < -0.3 is 0 Å². The Labute approximate surface area is 164 Å². The molecule has 0 N–H and O–H groups in total. The Morgan fingerprint density at radius 2 is 1.16 bits per heavy atom. The van der Waals surface area contributed by atoms with Crippen LogP contribution in [0.15, 0.2) is 91.0 Å². The summed E-state index contributed by atoms with van der Waals surface area (Å²) in [5.41, 5.74) is 1.28. The molecule has 0 aliphatic heterocycles. The van der Waals surface area contributed by atoms with Crippen LogP contribution in [0.25, 0.3) is 0 Å². The second-order valence-electron chi connectivity index (χ2n) is 5.72. The van der Waals surface area contributed by atoms with Crippen molar-refractivity contribution >= 4 is 56.4 Å². The predicted molar refractivity (Wildman–Crippen MR) is 121 cm³/mol. The number of benzene rings is 3. The number of hydrogen-bond donors (Lipinski definition) is 0. The van der Waals surface area contributed by atoms with Crippen LogP contribution in [0.3, 0.4) is 0 Å². The molecular weight excluding hydrogens is 379 g/mol. The average Bonchev–Trinajstić information content (AvgIpc) is 2.69. The van der Waals surface area contributed by atoms with Crippen LogP contribution in [0.1, 0.15) is 17.7 Å². The molecule has 4 heteroatoms. The molecule has 126 valence electrons. The van der Waals surface area contributed by atoms with Crippen LogP contribution in [0.2, 0.25) is 0 Å². The Kier molecular flexibility index (Phi) is 6.24. The molecular formula is C21H19PS3. The fourth-order valence-electron chi connectivity index (χ4n) is 2.65. The van der Waals surface area contributed by atoms with E-state index in [1.807, 2.05) is 42.5 Å². The van der Waals surface area contributed by atoms with Gasteiger partial charge in [-0.05, 0) is 23.1 Å². The van der Waals surface area contributed by atoms with Crippen molar-refractivity contribution in [2.75, 3.05) is 0 Å². The van der Waals surface area contributed by atoms with E-state index in [4.69, 9.17) is 24.0 Å². The lowest BCUT2D eigenvalue weighted by molar-refractivity contribution is 1.11. The molecule has 3 rings (SSSR count). The van der Waals surface area contributed by atoms with E-state index in [1.54, 1.807) is 11.8 Å². The fraction of sp³-hybridized carbons (Fsp3) is 0.0952. The van der Waals surface area contributed by atoms with Gasteiger partial charge in [0.2, 0.25) is 0 Å². The maximum absolute atomic E-state index is 6.27. The van der Waals surface area contributed by atoms with E-state index >= 15 is 0 Å². The van der Waals surface area contributed by atoms with E-state index in [1.165, 1.54) is 5.56 Å². The summed E-state index contributed by atoms with van der Waals surface area (Å²) >= 11 is 13.9. The van der Waals surface area contributed by atoms with Crippen molar-refractivity contribution in [1.29, 1.82) is 0 Å². The van der Waals surface area contributed by atoms with Gasteiger partial charge in [0.05, 0.1) is 9.98 Å². The first-order valence-electron chi connectivity index (χ1n) is 8.10. The van der Waals surface area contributed by atoms with E-state index in [9.17, 15) is 0 Å². The van der Waals surface area contributed by atoms with Gasteiger partial charge in [-0.3, -0.25) is 0 Å². The van der Waals surface area contributed by atoms with E-state index in [0.717, 1.165) is 14.5 Å². The number of hydrogen-bond acceptors (Lipinski definition) is 3. The summed E-state index contributed by atoms with van der Waals surface area (Å²) in [6.45, 7) is 2.20. The van der Waals surface area contributed by atoms with Crippen molar-refractivity contribution in [3.63, 3.8) is 0 Å². The zero-order valence-corrected chi connectivity index (χ0v) is 17.3. The molecule has 3 aromatic rings. The van der Waals surface area contributed by atoms with Gasteiger partial charge in [0.25, 0.3) is 0 Å². The van der Waals surface area contributed by atoms with Gasteiger partial charge >= 0.3 is 0 Å². The lowest BCUT2D eigenvalue weighted by Crippen LogP contribution is -2.20. The standard InChI is InChI=1S/C21H19PS3/c1-17(18-11-5-2-6-12-18)25-21(23)22(24,19-13-7-3-8-14-19)20-15-9-4-10-16-20/h2-17H,1H3. The van der Waals surface area contributed by atoms with Crippen molar-refractivity contribution in [1.82, 2.24) is 0 Å². The second-order valence-corrected chi connectivity index (χ2v) is 12.7. The van der Waals surface area contributed by atoms with Crippen molar-refractivity contribution in [3.05, 3.63) is 96.6 Å². The highest BCUT2D eigenvalue weighted by molar-refractivity contribution is 8.50. The Morgan fingerprint density at radius 3 is 1.60 bits per heavy atom. The van der Waals surface area contributed by atoms with Gasteiger partial charge in [0.1, 0.15) is 0 Å². The number of thioether (sulfide) groups is 1. The molecule has 0 amide bonds. The van der Waals surface area contributed by atoms with Crippen LogP contribution in [0.4, 0.5) is 0 Å². The van der Waals surface area contributed by atoms with E-state index in [2.05, 4.69) is 55.5 Å². The van der Waals surface area contributed by atoms with Crippen LogP contribution in [0, 0.1) is 0 Å². The van der Waals surface area contributed by atoms with Crippen LogP contribution in [0.5, 0.6) is 0 Å². The lowest BCUT2D eigenvalue weighted by atomic mass is 10.2. The van der Waals surface area contributed by atoms with Gasteiger partial charge in [0, 0.05) is 5.25 Å². The first kappa shape index (κ1) is 18.5. The molecule has 3 aromatic carbocycles. The smallest absolute Gasteiger partial charge is 0.0898 e. The first-order valence-corrected chi connectivity index (χ1v) is 12.2. The zero-order valence-electron chi connectivity index (χ0n) is 13.9. The third-order valence-electron chi connectivity index (χ3n) is 4.04. The second kappa shape index (κ2) is 8.42. The summed E-state index contributed by atoms with van der Waals surface area (Å²) in [6.07, 6.45) is 0. The van der Waals surface area contributed by atoms with Crippen LogP contribution in [-0.4, -0.2) is 3.94 Å². The Morgan fingerprint density at radius 1 is 0.760 bits per heavy atom. The molecule has 0 nitrogen and oxygen atoms in total. The number of rotatable bonds is 5. The summed E-state index contributed by atoms with van der Waals surface area (Å²) in [6, 6.07) is 29.0. The van der Waals surface area contributed by atoms with Crippen LogP contribution < -0.4 is 10.6 Å². The molecule has 0 heterocycles. The minimum absolute atomic E-state index is 0.281. The third-order valence-corrected chi connectivity index (χ3v) is 12.2. The summed E-state index contributed by atoms with van der Waals surface area (Å²) < 4.78 is 0.927. The van der Waals surface area contributed by atoms with E-state index < -0.39 is 6.04 Å². The van der Waals surface area contributed by atoms with Crippen LogP contribution in [-0.2, 0) is 11.8 Å². The molecule has 0 fully saturated rings. The lowest BCUT2D eigenvalue weighted by Gasteiger charge is -2.25. The van der Waals surface area contributed by atoms with Crippen molar-refractivity contribution < 1.29 is 0 Å². The molecule has 25 heavy (non-hydrogen) atoms. The van der Waals surface area contributed by atoms with Crippen LogP contribution >= 0.6 is 30.0 Å². The van der Waals surface area contributed by atoms with Gasteiger partial charge in [-0.2, -0.15) is 0 Å². The molecule has 0 aliphatic carbocycles. The van der Waals surface area contributed by atoms with Gasteiger partial charge in [0.15, 0.2) is 0 Å². The predicted octanol–water partition coefficient (Wildman–Crippen LogP) is 5.90. The van der Waals surface area contributed by atoms with Crippen molar-refractivity contribution in [2.24, 2.45) is 0 Å². The quantitative estimate of drug-likeness (QED) is 0.388. The monoisotopic (exact) mass is 398 g/mol. The highest BCUT2D eigenvalue weighted by Gasteiger charge is 2.29. The summed E-state index contributed by atoms with van der Waals surface area (Å²) in [4.78, 5) is 0. The third kappa shape index (κ3) is 4.12. The normalized spacial score (nSPS) is 12.5. The Balaban J connectivity index is 1.98.